The minimum atomic E-state index is -0.0229. The molecule has 0 bridgehead atoms. The van der Waals surface area contributed by atoms with E-state index in [4.69, 9.17) is 4.74 Å². The van der Waals surface area contributed by atoms with Gasteiger partial charge in [0.25, 0.3) is 0 Å². The van der Waals surface area contributed by atoms with Crippen LogP contribution in [0.25, 0.3) is 0 Å². The maximum atomic E-state index is 12.6. The van der Waals surface area contributed by atoms with Crippen molar-refractivity contribution in [2.45, 2.75) is 44.6 Å². The normalized spacial score (nSPS) is 21.6. The molecule has 2 amide bonds. The summed E-state index contributed by atoms with van der Waals surface area (Å²) in [6.45, 7) is 0. The maximum absolute atomic E-state index is 12.6. The Balaban J connectivity index is 1.25. The van der Waals surface area contributed by atoms with Gasteiger partial charge in [-0.3, -0.25) is 9.59 Å². The molecule has 28 heavy (non-hydrogen) atoms. The molecule has 0 aromatic heterocycles. The van der Waals surface area contributed by atoms with Crippen LogP contribution in [0.15, 0.2) is 54.6 Å². The largest absolute Gasteiger partial charge is 0.457 e. The maximum Gasteiger partial charge on any atom is 0.227 e. The van der Waals surface area contributed by atoms with Gasteiger partial charge in [-0.15, -0.1) is 0 Å². The molecule has 2 N–H and O–H groups in total. The van der Waals surface area contributed by atoms with E-state index in [1.807, 2.05) is 54.6 Å². The molecule has 5 nitrogen and oxygen atoms in total. The van der Waals surface area contributed by atoms with E-state index in [0.29, 0.717) is 6.04 Å². The first-order valence-corrected chi connectivity index (χ1v) is 10.1. The van der Waals surface area contributed by atoms with Gasteiger partial charge in [0, 0.05) is 23.6 Å². The molecule has 0 aliphatic heterocycles. The lowest BCUT2D eigenvalue weighted by atomic mass is 9.81. The molecule has 146 valence electrons. The van der Waals surface area contributed by atoms with Crippen LogP contribution in [-0.2, 0) is 9.59 Å². The summed E-state index contributed by atoms with van der Waals surface area (Å²) in [6, 6.07) is 17.4. The molecule has 2 aromatic carbocycles. The van der Waals surface area contributed by atoms with E-state index in [-0.39, 0.29) is 23.7 Å². The second-order valence-electron chi connectivity index (χ2n) is 7.76. The van der Waals surface area contributed by atoms with Crippen molar-refractivity contribution >= 4 is 17.5 Å². The third-order valence-corrected chi connectivity index (χ3v) is 5.49. The first-order valence-electron chi connectivity index (χ1n) is 10.1. The van der Waals surface area contributed by atoms with Crippen molar-refractivity contribution < 1.29 is 14.3 Å². The molecular formula is C23H26N2O3. The molecule has 0 saturated heterocycles. The number of carbonyl (C=O) groups is 2. The zero-order chi connectivity index (χ0) is 19.3. The summed E-state index contributed by atoms with van der Waals surface area (Å²) in [6.07, 6.45) is 5.34. The van der Waals surface area contributed by atoms with E-state index < -0.39 is 0 Å². The lowest BCUT2D eigenvalue weighted by Gasteiger charge is -2.27. The van der Waals surface area contributed by atoms with Crippen molar-refractivity contribution in [3.05, 3.63) is 54.6 Å². The first-order chi connectivity index (χ1) is 13.7. The van der Waals surface area contributed by atoms with Gasteiger partial charge in [-0.25, -0.2) is 0 Å². The second-order valence-corrected chi connectivity index (χ2v) is 7.76. The molecule has 5 heteroatoms. The Kier molecular flexibility index (Phi) is 5.60. The summed E-state index contributed by atoms with van der Waals surface area (Å²) in [5.74, 6) is 1.77. The van der Waals surface area contributed by atoms with E-state index in [1.165, 1.54) is 0 Å². The molecule has 0 heterocycles. The second kappa shape index (κ2) is 8.46. The van der Waals surface area contributed by atoms with Crippen LogP contribution in [0.2, 0.25) is 0 Å². The average Bonchev–Trinajstić information content (AvgIpc) is 3.54. The molecule has 0 radical (unpaired) electrons. The summed E-state index contributed by atoms with van der Waals surface area (Å²) in [7, 11) is 0. The third-order valence-electron chi connectivity index (χ3n) is 5.49. The van der Waals surface area contributed by atoms with Crippen LogP contribution >= 0.6 is 0 Å². The summed E-state index contributed by atoms with van der Waals surface area (Å²) in [4.78, 5) is 24.7. The molecule has 4 rings (SSSR count). The molecule has 2 fully saturated rings. The van der Waals surface area contributed by atoms with Crippen LogP contribution in [0.4, 0.5) is 5.69 Å². The van der Waals surface area contributed by atoms with Gasteiger partial charge in [0.15, 0.2) is 0 Å². The summed E-state index contributed by atoms with van der Waals surface area (Å²) < 4.78 is 5.77. The summed E-state index contributed by atoms with van der Waals surface area (Å²) in [5, 5.41) is 6.07. The molecule has 0 spiro atoms. The number of amides is 2. The van der Waals surface area contributed by atoms with E-state index in [2.05, 4.69) is 10.6 Å². The standard InChI is InChI=1S/C23H26N2O3/c26-22(24-18-10-11-18)16-6-8-17(9-7-16)23(27)25-19-12-14-21(15-13-19)28-20-4-2-1-3-5-20/h1-5,12-18H,6-11H2,(H,24,26)(H,25,27). The summed E-state index contributed by atoms with van der Waals surface area (Å²) in [5.41, 5.74) is 0.763. The summed E-state index contributed by atoms with van der Waals surface area (Å²) >= 11 is 0. The van der Waals surface area contributed by atoms with Gasteiger partial charge in [-0.1, -0.05) is 18.2 Å². The highest BCUT2D eigenvalue weighted by Crippen LogP contribution is 2.31. The van der Waals surface area contributed by atoms with Gasteiger partial charge in [0.2, 0.25) is 11.8 Å². The fourth-order valence-electron chi connectivity index (χ4n) is 3.64. The van der Waals surface area contributed by atoms with Crippen molar-refractivity contribution in [3.8, 4) is 11.5 Å². The smallest absolute Gasteiger partial charge is 0.227 e. The monoisotopic (exact) mass is 378 g/mol. The van der Waals surface area contributed by atoms with Gasteiger partial charge in [0.05, 0.1) is 0 Å². The highest BCUT2D eigenvalue weighted by molar-refractivity contribution is 5.92. The fraction of sp³-hybridized carbons (Fsp3) is 0.391. The number of rotatable bonds is 6. The Morgan fingerprint density at radius 2 is 1.29 bits per heavy atom. The van der Waals surface area contributed by atoms with E-state index in [0.717, 1.165) is 55.7 Å². The fourth-order valence-corrected chi connectivity index (χ4v) is 3.64. The third kappa shape index (κ3) is 4.91. The minimum absolute atomic E-state index is 0.0229. The predicted molar refractivity (Wildman–Crippen MR) is 108 cm³/mol. The minimum Gasteiger partial charge on any atom is -0.457 e. The van der Waals surface area contributed by atoms with Crippen LogP contribution in [0.3, 0.4) is 0 Å². The van der Waals surface area contributed by atoms with Crippen molar-refractivity contribution in [2.75, 3.05) is 5.32 Å². The topological polar surface area (TPSA) is 67.4 Å². The SMILES string of the molecule is O=C(Nc1ccc(Oc2ccccc2)cc1)C1CCC(C(=O)NC2CC2)CC1. The van der Waals surface area contributed by atoms with E-state index in [1.54, 1.807) is 0 Å². The Hall–Kier alpha value is -2.82. The quantitative estimate of drug-likeness (QED) is 0.778. The van der Waals surface area contributed by atoms with Crippen molar-refractivity contribution in [1.82, 2.24) is 5.32 Å². The average molecular weight is 378 g/mol. The number of carbonyl (C=O) groups excluding carboxylic acids is 2. The van der Waals surface area contributed by atoms with Crippen molar-refractivity contribution in [2.24, 2.45) is 11.8 Å². The van der Waals surface area contributed by atoms with E-state index in [9.17, 15) is 9.59 Å². The Morgan fingerprint density at radius 3 is 1.89 bits per heavy atom. The highest BCUT2D eigenvalue weighted by Gasteiger charge is 2.32. The molecule has 2 aromatic rings. The Morgan fingerprint density at radius 1 is 0.714 bits per heavy atom. The predicted octanol–water partition coefficient (Wildman–Crippen LogP) is 4.50. The van der Waals surface area contributed by atoms with Crippen LogP contribution < -0.4 is 15.4 Å². The van der Waals surface area contributed by atoms with Gasteiger partial charge in [-0.05, 0) is 74.9 Å². The first kappa shape index (κ1) is 18.5. The molecule has 2 saturated carbocycles. The van der Waals surface area contributed by atoms with Gasteiger partial charge >= 0.3 is 0 Å². The molecule has 0 unspecified atom stereocenters. The number of hydrogen-bond donors (Lipinski definition) is 2. The Labute approximate surface area is 165 Å². The van der Waals surface area contributed by atoms with E-state index >= 15 is 0 Å². The van der Waals surface area contributed by atoms with Crippen molar-refractivity contribution in [3.63, 3.8) is 0 Å². The molecule has 2 aliphatic rings. The zero-order valence-corrected chi connectivity index (χ0v) is 15.9. The van der Waals surface area contributed by atoms with Crippen LogP contribution in [-0.4, -0.2) is 17.9 Å². The number of ether oxygens (including phenoxy) is 1. The number of para-hydroxylation sites is 1. The van der Waals surface area contributed by atoms with Crippen molar-refractivity contribution in [1.29, 1.82) is 0 Å². The van der Waals surface area contributed by atoms with Crippen LogP contribution in [0, 0.1) is 11.8 Å². The van der Waals surface area contributed by atoms with Gasteiger partial charge in [0.1, 0.15) is 11.5 Å². The number of benzene rings is 2. The lowest BCUT2D eigenvalue weighted by molar-refractivity contribution is -0.128. The molecule has 0 atom stereocenters. The lowest BCUT2D eigenvalue weighted by Crippen LogP contribution is -2.36. The zero-order valence-electron chi connectivity index (χ0n) is 15.9. The molecular weight excluding hydrogens is 352 g/mol. The number of nitrogens with one attached hydrogen (secondary N) is 2. The highest BCUT2D eigenvalue weighted by atomic mass is 16.5. The van der Waals surface area contributed by atoms with Crippen LogP contribution in [0.1, 0.15) is 38.5 Å². The number of anilines is 1. The number of hydrogen-bond acceptors (Lipinski definition) is 3. The molecule has 2 aliphatic carbocycles. The van der Waals surface area contributed by atoms with Gasteiger partial charge in [-0.2, -0.15) is 0 Å². The Bertz CT molecular complexity index is 808. The van der Waals surface area contributed by atoms with Crippen LogP contribution in [0.5, 0.6) is 11.5 Å². The van der Waals surface area contributed by atoms with Gasteiger partial charge < -0.3 is 15.4 Å².